The van der Waals surface area contributed by atoms with Gasteiger partial charge in [0.05, 0.1) is 0 Å². The molecule has 1 saturated heterocycles. The largest absolute Gasteiger partial charge is 0.444 e. The van der Waals surface area contributed by atoms with Crippen LogP contribution in [-0.4, -0.2) is 67.7 Å². The first-order chi connectivity index (χ1) is 22.5. The number of hydrogen-bond acceptors (Lipinski definition) is 8. The normalized spacial score (nSPS) is 16.8. The zero-order valence-corrected chi connectivity index (χ0v) is 29.0. The summed E-state index contributed by atoms with van der Waals surface area (Å²) in [5, 5.41) is 11.0. The second kappa shape index (κ2) is 16.0. The van der Waals surface area contributed by atoms with Crippen molar-refractivity contribution in [3.8, 4) is 5.82 Å². The third-order valence-corrected chi connectivity index (χ3v) is 9.28. The van der Waals surface area contributed by atoms with Gasteiger partial charge in [-0.3, -0.25) is 9.36 Å². The van der Waals surface area contributed by atoms with Crippen LogP contribution in [0.5, 0.6) is 0 Å². The SMILES string of the molecule is CC(C)(C)OC(=O)N1CCC(CNc2nc(N[C@H](CC3CCCCC3)C(=O)NCc3ccc(Cl)cc3Cl)cc(-n3ccnc3)n2)CC1. The number of nitrogens with one attached hydrogen (secondary N) is 3. The highest BCUT2D eigenvalue weighted by atomic mass is 35.5. The number of aromatic nitrogens is 4. The molecule has 1 aliphatic carbocycles. The molecule has 2 amide bonds. The van der Waals surface area contributed by atoms with Crippen LogP contribution >= 0.6 is 23.2 Å². The van der Waals surface area contributed by atoms with E-state index in [0.29, 0.717) is 72.1 Å². The fraction of sp³-hybridized carbons (Fsp3) is 0.559. The predicted molar refractivity (Wildman–Crippen MR) is 185 cm³/mol. The third kappa shape index (κ3) is 10.5. The van der Waals surface area contributed by atoms with Crippen molar-refractivity contribution in [2.24, 2.45) is 11.8 Å². The van der Waals surface area contributed by atoms with Gasteiger partial charge in [-0.2, -0.15) is 9.97 Å². The van der Waals surface area contributed by atoms with E-state index < -0.39 is 11.6 Å². The summed E-state index contributed by atoms with van der Waals surface area (Å²) in [6.07, 6.45) is 13.2. The molecule has 1 saturated carbocycles. The number of likely N-dealkylation sites (tertiary alicyclic amines) is 1. The average Bonchev–Trinajstić information content (AvgIpc) is 3.58. The molecule has 2 aliphatic rings. The lowest BCUT2D eigenvalue weighted by atomic mass is 9.84. The van der Waals surface area contributed by atoms with E-state index in [9.17, 15) is 9.59 Å². The van der Waals surface area contributed by atoms with E-state index in [1.807, 2.05) is 43.7 Å². The Morgan fingerprint density at radius 2 is 1.79 bits per heavy atom. The number of nitrogens with zero attached hydrogens (tertiary/aromatic N) is 5. The Labute approximate surface area is 287 Å². The van der Waals surface area contributed by atoms with Gasteiger partial charge in [-0.15, -0.1) is 0 Å². The summed E-state index contributed by atoms with van der Waals surface area (Å²) >= 11 is 12.5. The van der Waals surface area contributed by atoms with E-state index in [2.05, 4.69) is 20.9 Å². The van der Waals surface area contributed by atoms with Gasteiger partial charge in [0.2, 0.25) is 11.9 Å². The molecule has 47 heavy (non-hydrogen) atoms. The summed E-state index contributed by atoms with van der Waals surface area (Å²) in [6.45, 7) is 7.87. The van der Waals surface area contributed by atoms with Crippen molar-refractivity contribution in [3.05, 3.63) is 58.6 Å². The highest BCUT2D eigenvalue weighted by molar-refractivity contribution is 6.35. The zero-order valence-electron chi connectivity index (χ0n) is 27.5. The number of ether oxygens (including phenoxy) is 1. The number of carbonyl (C=O) groups is 2. The van der Waals surface area contributed by atoms with Crippen LogP contribution in [0.4, 0.5) is 16.6 Å². The first-order valence-electron chi connectivity index (χ1n) is 16.6. The maximum absolute atomic E-state index is 13.7. The Hall–Kier alpha value is -3.57. The van der Waals surface area contributed by atoms with Crippen molar-refractivity contribution >= 4 is 47.0 Å². The molecule has 11 nitrogen and oxygen atoms in total. The minimum atomic E-state index is -0.515. The molecular weight excluding hydrogens is 639 g/mol. The van der Waals surface area contributed by atoms with E-state index >= 15 is 0 Å². The van der Waals surface area contributed by atoms with Crippen LogP contribution in [0.25, 0.3) is 5.82 Å². The molecule has 3 aromatic rings. The molecule has 2 fully saturated rings. The van der Waals surface area contributed by atoms with Gasteiger partial charge in [-0.25, -0.2) is 9.78 Å². The summed E-state index contributed by atoms with van der Waals surface area (Å²) in [6, 6.07) is 6.61. The Kier molecular flexibility index (Phi) is 11.8. The molecule has 3 N–H and O–H groups in total. The summed E-state index contributed by atoms with van der Waals surface area (Å²) in [5.74, 6) is 2.31. The molecule has 254 valence electrons. The van der Waals surface area contributed by atoms with Crippen LogP contribution in [0.3, 0.4) is 0 Å². The maximum Gasteiger partial charge on any atom is 0.410 e. The number of piperidine rings is 1. The highest BCUT2D eigenvalue weighted by Crippen LogP contribution is 2.29. The van der Waals surface area contributed by atoms with E-state index in [4.69, 9.17) is 37.9 Å². The second-order valence-electron chi connectivity index (χ2n) is 13.6. The molecule has 0 spiro atoms. The number of anilines is 2. The predicted octanol–water partition coefficient (Wildman–Crippen LogP) is 7.10. The summed E-state index contributed by atoms with van der Waals surface area (Å²) in [4.78, 5) is 41.7. The standard InChI is InChI=1S/C34H46Cl2N8O3/c1-34(2,3)47-33(46)43-14-11-24(12-15-43)20-39-32-41-29(19-30(42-32)44-16-13-37-22-44)40-28(17-23-7-5-4-6-8-23)31(45)38-21-25-9-10-26(35)18-27(25)36/h9-10,13,16,18-19,22-24,28H,4-8,11-12,14-15,17,20-21H2,1-3H3,(H,38,45)(H2,39,40,41,42)/t28-/m1/s1. The summed E-state index contributed by atoms with van der Waals surface area (Å²) in [7, 11) is 0. The van der Waals surface area contributed by atoms with Crippen LogP contribution in [0, 0.1) is 11.8 Å². The number of hydrogen-bond donors (Lipinski definition) is 3. The van der Waals surface area contributed by atoms with Gasteiger partial charge in [-0.1, -0.05) is 61.4 Å². The van der Waals surface area contributed by atoms with Crippen molar-refractivity contribution in [1.29, 1.82) is 0 Å². The van der Waals surface area contributed by atoms with Crippen LogP contribution < -0.4 is 16.0 Å². The number of imidazole rings is 1. The van der Waals surface area contributed by atoms with E-state index in [1.54, 1.807) is 29.6 Å². The van der Waals surface area contributed by atoms with E-state index in [-0.39, 0.29) is 12.0 Å². The Bertz CT molecular complexity index is 1480. The first-order valence-corrected chi connectivity index (χ1v) is 17.4. The van der Waals surface area contributed by atoms with Gasteiger partial charge in [0.1, 0.15) is 29.6 Å². The average molecular weight is 686 g/mol. The number of amides is 2. The van der Waals surface area contributed by atoms with Crippen LogP contribution in [0.15, 0.2) is 43.0 Å². The number of halogens is 2. The van der Waals surface area contributed by atoms with Gasteiger partial charge in [0, 0.05) is 54.7 Å². The molecular formula is C34H46Cl2N8O3. The van der Waals surface area contributed by atoms with Crippen molar-refractivity contribution in [1.82, 2.24) is 29.7 Å². The molecule has 0 unspecified atom stereocenters. The lowest BCUT2D eigenvalue weighted by Gasteiger charge is -2.33. The quantitative estimate of drug-likeness (QED) is 0.195. The van der Waals surface area contributed by atoms with Gasteiger partial charge in [0.25, 0.3) is 0 Å². The minimum Gasteiger partial charge on any atom is -0.444 e. The van der Waals surface area contributed by atoms with Gasteiger partial charge in [0.15, 0.2) is 0 Å². The zero-order chi connectivity index (χ0) is 33.4. The Morgan fingerprint density at radius 1 is 1.02 bits per heavy atom. The van der Waals surface area contributed by atoms with Crippen molar-refractivity contribution < 1.29 is 14.3 Å². The smallest absolute Gasteiger partial charge is 0.410 e. The fourth-order valence-corrected chi connectivity index (χ4v) is 6.61. The van der Waals surface area contributed by atoms with Crippen LogP contribution in [-0.2, 0) is 16.1 Å². The van der Waals surface area contributed by atoms with Crippen LogP contribution in [0.2, 0.25) is 10.0 Å². The molecule has 0 radical (unpaired) electrons. The molecule has 5 rings (SSSR count). The third-order valence-electron chi connectivity index (χ3n) is 8.70. The van der Waals surface area contributed by atoms with Gasteiger partial charge >= 0.3 is 6.09 Å². The number of carbonyl (C=O) groups excluding carboxylic acids is 2. The summed E-state index contributed by atoms with van der Waals surface area (Å²) < 4.78 is 7.36. The Balaban J connectivity index is 1.28. The number of benzene rings is 1. The highest BCUT2D eigenvalue weighted by Gasteiger charge is 2.28. The molecule has 1 aliphatic heterocycles. The lowest BCUT2D eigenvalue weighted by Crippen LogP contribution is -2.42. The van der Waals surface area contributed by atoms with Crippen molar-refractivity contribution in [2.75, 3.05) is 30.3 Å². The fourth-order valence-electron chi connectivity index (χ4n) is 6.13. The van der Waals surface area contributed by atoms with Gasteiger partial charge in [-0.05, 0) is 69.6 Å². The summed E-state index contributed by atoms with van der Waals surface area (Å²) in [5.41, 5.74) is 0.285. The molecule has 2 aromatic heterocycles. The molecule has 0 bridgehead atoms. The van der Waals surface area contributed by atoms with Crippen molar-refractivity contribution in [2.45, 2.75) is 90.3 Å². The Morgan fingerprint density at radius 3 is 2.47 bits per heavy atom. The topological polar surface area (TPSA) is 126 Å². The second-order valence-corrected chi connectivity index (χ2v) is 14.4. The van der Waals surface area contributed by atoms with Gasteiger partial charge < -0.3 is 25.6 Å². The maximum atomic E-state index is 13.7. The molecule has 1 aromatic carbocycles. The molecule has 1 atom stereocenters. The molecule has 13 heteroatoms. The van der Waals surface area contributed by atoms with Crippen molar-refractivity contribution in [3.63, 3.8) is 0 Å². The monoisotopic (exact) mass is 684 g/mol. The minimum absolute atomic E-state index is 0.115. The molecule has 3 heterocycles. The van der Waals surface area contributed by atoms with E-state index in [0.717, 1.165) is 31.2 Å². The van der Waals surface area contributed by atoms with E-state index in [1.165, 1.54) is 19.3 Å². The number of rotatable bonds is 11. The lowest BCUT2D eigenvalue weighted by molar-refractivity contribution is -0.122. The van der Waals surface area contributed by atoms with Crippen LogP contribution in [0.1, 0.15) is 77.7 Å². The first kappa shape index (κ1) is 34.8.